The zero-order valence-electron chi connectivity index (χ0n) is 12.3. The molecule has 0 aliphatic carbocycles. The fourth-order valence-electron chi connectivity index (χ4n) is 1.43. The molecule has 0 radical (unpaired) electrons. The van der Waals surface area contributed by atoms with Crippen molar-refractivity contribution in [3.05, 3.63) is 67.0 Å². The first-order valence-corrected chi connectivity index (χ1v) is 6.60. The monoisotopic (exact) mass is 268 g/mol. The van der Waals surface area contributed by atoms with Crippen LogP contribution in [0.4, 0.5) is 0 Å². The third-order valence-corrected chi connectivity index (χ3v) is 2.45. The average molecular weight is 268 g/mol. The summed E-state index contributed by atoms with van der Waals surface area (Å²) in [6.07, 6.45) is 5.24. The molecule has 0 bridgehead atoms. The van der Waals surface area contributed by atoms with Crippen molar-refractivity contribution in [1.82, 2.24) is 10.1 Å². The second-order valence-corrected chi connectivity index (χ2v) is 3.91. The summed E-state index contributed by atoms with van der Waals surface area (Å²) in [5.41, 5.74) is 2.79. The molecular formula is C17H20N2O. The van der Waals surface area contributed by atoms with Crippen LogP contribution in [-0.4, -0.2) is 10.1 Å². The Morgan fingerprint density at radius 2 is 1.85 bits per heavy atom. The first-order valence-electron chi connectivity index (χ1n) is 6.60. The van der Waals surface area contributed by atoms with Crippen molar-refractivity contribution in [2.75, 3.05) is 0 Å². The molecule has 104 valence electrons. The van der Waals surface area contributed by atoms with Gasteiger partial charge in [-0.1, -0.05) is 68.1 Å². The summed E-state index contributed by atoms with van der Waals surface area (Å²) in [5, 5.41) is 3.90. The normalized spacial score (nSPS) is 9.95. The van der Waals surface area contributed by atoms with Gasteiger partial charge in [-0.25, -0.2) is 0 Å². The number of allylic oxidation sites excluding steroid dienone is 4. The molecule has 0 spiro atoms. The van der Waals surface area contributed by atoms with Crippen LogP contribution in [-0.2, 0) is 0 Å². The van der Waals surface area contributed by atoms with Gasteiger partial charge in [0.25, 0.3) is 5.89 Å². The summed E-state index contributed by atoms with van der Waals surface area (Å²) in [5.74, 6) is 0.988. The molecule has 2 aromatic rings. The van der Waals surface area contributed by atoms with Gasteiger partial charge in [0.05, 0.1) is 0 Å². The summed E-state index contributed by atoms with van der Waals surface area (Å²) >= 11 is 0. The molecule has 0 atom stereocenters. The highest BCUT2D eigenvalue weighted by molar-refractivity contribution is 5.68. The van der Waals surface area contributed by atoms with Gasteiger partial charge in [-0.3, -0.25) is 0 Å². The highest BCUT2D eigenvalue weighted by Crippen LogP contribution is 2.20. The highest BCUT2D eigenvalue weighted by Gasteiger charge is 2.09. The Kier molecular flexibility index (Phi) is 6.17. The summed E-state index contributed by atoms with van der Waals surface area (Å²) in [7, 11) is 0. The lowest BCUT2D eigenvalue weighted by atomic mass is 10.1. The summed E-state index contributed by atoms with van der Waals surface area (Å²) in [4.78, 5) is 4.30. The lowest BCUT2D eigenvalue weighted by molar-refractivity contribution is 0.428. The van der Waals surface area contributed by atoms with Gasteiger partial charge in [-0.15, -0.1) is 0 Å². The number of aryl methyl sites for hydroxylation is 1. The topological polar surface area (TPSA) is 38.9 Å². The highest BCUT2D eigenvalue weighted by atomic mass is 16.5. The Morgan fingerprint density at radius 3 is 2.45 bits per heavy atom. The number of hydrogen-bond donors (Lipinski definition) is 0. The number of aromatic nitrogens is 2. The van der Waals surface area contributed by atoms with E-state index in [4.69, 9.17) is 4.52 Å². The molecule has 0 saturated heterocycles. The van der Waals surface area contributed by atoms with Gasteiger partial charge < -0.3 is 4.52 Å². The number of benzene rings is 1. The van der Waals surface area contributed by atoms with Gasteiger partial charge in [0.1, 0.15) is 0 Å². The van der Waals surface area contributed by atoms with Crippen molar-refractivity contribution in [1.29, 1.82) is 0 Å². The predicted molar refractivity (Wildman–Crippen MR) is 84.2 cm³/mol. The van der Waals surface area contributed by atoms with Crippen molar-refractivity contribution < 1.29 is 4.52 Å². The van der Waals surface area contributed by atoms with E-state index in [1.807, 2.05) is 45.0 Å². The molecule has 1 aromatic heterocycles. The zero-order valence-corrected chi connectivity index (χ0v) is 12.3. The van der Waals surface area contributed by atoms with Crippen LogP contribution in [0.15, 0.2) is 60.2 Å². The van der Waals surface area contributed by atoms with Crippen LogP contribution >= 0.6 is 0 Å². The Balaban J connectivity index is 0.000000956. The maximum absolute atomic E-state index is 5.21. The Morgan fingerprint density at radius 1 is 1.20 bits per heavy atom. The van der Waals surface area contributed by atoms with Crippen LogP contribution in [0, 0.1) is 6.92 Å². The summed E-state index contributed by atoms with van der Waals surface area (Å²) in [6, 6.07) is 7.92. The Labute approximate surface area is 120 Å². The van der Waals surface area contributed by atoms with Crippen molar-refractivity contribution >= 4 is 5.57 Å². The number of hydrogen-bond acceptors (Lipinski definition) is 3. The molecular weight excluding hydrogens is 248 g/mol. The third kappa shape index (κ3) is 4.05. The molecule has 3 heteroatoms. The largest absolute Gasteiger partial charge is 0.334 e. The third-order valence-electron chi connectivity index (χ3n) is 2.45. The molecule has 0 N–H and O–H groups in total. The van der Waals surface area contributed by atoms with E-state index in [0.29, 0.717) is 17.3 Å². The van der Waals surface area contributed by atoms with Crippen molar-refractivity contribution in [2.24, 2.45) is 0 Å². The second kappa shape index (κ2) is 7.89. The van der Waals surface area contributed by atoms with E-state index in [2.05, 4.69) is 23.3 Å². The molecule has 3 nitrogen and oxygen atoms in total. The maximum Gasteiger partial charge on any atom is 0.258 e. The molecule has 0 fully saturated rings. The van der Waals surface area contributed by atoms with Crippen molar-refractivity contribution in [2.45, 2.75) is 20.8 Å². The second-order valence-electron chi connectivity index (χ2n) is 3.91. The molecule has 0 amide bonds. The van der Waals surface area contributed by atoms with Gasteiger partial charge in [0.15, 0.2) is 0 Å². The molecule has 0 aliphatic heterocycles. The summed E-state index contributed by atoms with van der Waals surface area (Å²) in [6.45, 7) is 13.5. The Bertz CT molecular complexity index is 592. The molecule has 0 unspecified atom stereocenters. The zero-order chi connectivity index (χ0) is 15.0. The SMILES string of the molecule is C=C/C=C\C(=C)c1noc(-c2ccc(C)cc2)n1.CC. The van der Waals surface area contributed by atoms with Crippen LogP contribution in [0.25, 0.3) is 17.0 Å². The Hall–Kier alpha value is -2.42. The number of nitrogens with zero attached hydrogens (tertiary/aromatic N) is 2. The van der Waals surface area contributed by atoms with Gasteiger partial charge in [0, 0.05) is 11.1 Å². The van der Waals surface area contributed by atoms with E-state index < -0.39 is 0 Å². The first kappa shape index (κ1) is 15.6. The molecule has 0 saturated carbocycles. The van der Waals surface area contributed by atoms with E-state index in [1.54, 1.807) is 18.2 Å². The fraction of sp³-hybridized carbons (Fsp3) is 0.176. The lowest BCUT2D eigenvalue weighted by Gasteiger charge is -1.94. The van der Waals surface area contributed by atoms with E-state index >= 15 is 0 Å². The predicted octanol–water partition coefficient (Wildman–Crippen LogP) is 4.83. The maximum atomic E-state index is 5.21. The standard InChI is InChI=1S/C15H14N2O.C2H6/c1-4-5-6-12(3)14-16-15(18-17-14)13-9-7-11(2)8-10-13;1-2/h4-10H,1,3H2,2H3;1-2H3/b6-5-;. The van der Waals surface area contributed by atoms with E-state index in [-0.39, 0.29) is 0 Å². The minimum absolute atomic E-state index is 0.490. The minimum atomic E-state index is 0.490. The van der Waals surface area contributed by atoms with Gasteiger partial charge in [0.2, 0.25) is 5.82 Å². The molecule has 0 aliphatic rings. The van der Waals surface area contributed by atoms with Gasteiger partial charge in [-0.05, 0) is 19.1 Å². The molecule has 1 aromatic carbocycles. The molecule has 1 heterocycles. The van der Waals surface area contributed by atoms with E-state index in [9.17, 15) is 0 Å². The summed E-state index contributed by atoms with van der Waals surface area (Å²) < 4.78 is 5.21. The lowest BCUT2D eigenvalue weighted by Crippen LogP contribution is -1.83. The smallest absolute Gasteiger partial charge is 0.258 e. The van der Waals surface area contributed by atoms with Crippen LogP contribution < -0.4 is 0 Å². The van der Waals surface area contributed by atoms with E-state index in [0.717, 1.165) is 5.56 Å². The van der Waals surface area contributed by atoms with E-state index in [1.165, 1.54) is 5.56 Å². The van der Waals surface area contributed by atoms with Gasteiger partial charge in [-0.2, -0.15) is 4.98 Å². The minimum Gasteiger partial charge on any atom is -0.334 e. The average Bonchev–Trinajstić information content (AvgIpc) is 2.97. The van der Waals surface area contributed by atoms with Crippen LogP contribution in [0.2, 0.25) is 0 Å². The van der Waals surface area contributed by atoms with Crippen LogP contribution in [0.1, 0.15) is 25.2 Å². The van der Waals surface area contributed by atoms with Crippen molar-refractivity contribution in [3.8, 4) is 11.5 Å². The quantitative estimate of drug-likeness (QED) is 0.746. The first-order chi connectivity index (χ1) is 9.70. The molecule has 20 heavy (non-hydrogen) atoms. The van der Waals surface area contributed by atoms with Crippen LogP contribution in [0.3, 0.4) is 0 Å². The van der Waals surface area contributed by atoms with Crippen LogP contribution in [0.5, 0.6) is 0 Å². The van der Waals surface area contributed by atoms with Crippen molar-refractivity contribution in [3.63, 3.8) is 0 Å². The molecule has 2 rings (SSSR count). The number of rotatable bonds is 4. The fourth-order valence-corrected chi connectivity index (χ4v) is 1.43. The van der Waals surface area contributed by atoms with Gasteiger partial charge >= 0.3 is 0 Å².